The molecule has 0 bridgehead atoms. The SMILES string of the molecule is CC(C)(C)OC(=O)N1CCC(c2c(C(=O)Nc3ccccc3C(F)(F)F)cnn2-c2ccc(Cl)cc2)CC1. The molecule has 2 heterocycles. The number of hydrogen-bond acceptors (Lipinski definition) is 4. The minimum Gasteiger partial charge on any atom is -0.444 e. The van der Waals surface area contributed by atoms with E-state index in [1.807, 2.05) is 0 Å². The Morgan fingerprint density at radius 2 is 1.66 bits per heavy atom. The van der Waals surface area contributed by atoms with Crippen molar-refractivity contribution < 1.29 is 27.5 Å². The Labute approximate surface area is 223 Å². The van der Waals surface area contributed by atoms with E-state index in [0.29, 0.717) is 42.3 Å². The van der Waals surface area contributed by atoms with Gasteiger partial charge in [0.05, 0.1) is 34.4 Å². The molecule has 1 saturated heterocycles. The number of benzene rings is 2. The monoisotopic (exact) mass is 548 g/mol. The number of hydrogen-bond donors (Lipinski definition) is 1. The van der Waals surface area contributed by atoms with Crippen LogP contribution in [0.4, 0.5) is 23.7 Å². The number of nitrogens with one attached hydrogen (secondary N) is 1. The normalized spacial score (nSPS) is 14.9. The highest BCUT2D eigenvalue weighted by atomic mass is 35.5. The van der Waals surface area contributed by atoms with Crippen molar-refractivity contribution in [2.24, 2.45) is 0 Å². The van der Waals surface area contributed by atoms with Crippen LogP contribution < -0.4 is 5.32 Å². The number of para-hydroxylation sites is 1. The molecular formula is C27H28ClF3N4O3. The molecule has 0 radical (unpaired) electrons. The highest BCUT2D eigenvalue weighted by Gasteiger charge is 2.35. The number of aromatic nitrogens is 2. The molecule has 1 aromatic heterocycles. The fourth-order valence-corrected chi connectivity index (χ4v) is 4.53. The van der Waals surface area contributed by atoms with Crippen molar-refractivity contribution in [2.75, 3.05) is 18.4 Å². The first-order chi connectivity index (χ1) is 17.8. The van der Waals surface area contributed by atoms with Gasteiger partial charge in [-0.25, -0.2) is 9.48 Å². The van der Waals surface area contributed by atoms with Crippen LogP contribution in [0.5, 0.6) is 0 Å². The largest absolute Gasteiger partial charge is 0.444 e. The van der Waals surface area contributed by atoms with Gasteiger partial charge in [0.2, 0.25) is 0 Å². The van der Waals surface area contributed by atoms with Gasteiger partial charge in [-0.3, -0.25) is 4.79 Å². The molecule has 0 atom stereocenters. The summed E-state index contributed by atoms with van der Waals surface area (Å²) in [5.74, 6) is -0.892. The molecule has 1 aliphatic rings. The molecule has 4 rings (SSSR count). The molecular weight excluding hydrogens is 521 g/mol. The lowest BCUT2D eigenvalue weighted by Crippen LogP contribution is -2.41. The van der Waals surface area contributed by atoms with Crippen LogP contribution in [0.3, 0.4) is 0 Å². The number of ether oxygens (including phenoxy) is 1. The van der Waals surface area contributed by atoms with Crippen molar-refractivity contribution in [3.8, 4) is 5.69 Å². The number of carbonyl (C=O) groups excluding carboxylic acids is 2. The summed E-state index contributed by atoms with van der Waals surface area (Å²) >= 11 is 6.04. The smallest absolute Gasteiger partial charge is 0.418 e. The van der Waals surface area contributed by atoms with Gasteiger partial charge < -0.3 is 15.0 Å². The molecule has 3 aromatic rings. The molecule has 1 fully saturated rings. The standard InChI is InChI=1S/C27H28ClF3N4O3/c1-26(2,3)38-25(37)34-14-12-17(13-15-34)23-20(16-32-35(23)19-10-8-18(28)9-11-19)24(36)33-22-7-5-4-6-21(22)27(29,30)31/h4-11,16-17H,12-15H2,1-3H3,(H,33,36). The van der Waals surface area contributed by atoms with E-state index in [1.165, 1.54) is 24.4 Å². The lowest BCUT2D eigenvalue weighted by atomic mass is 9.90. The number of nitrogens with zero attached hydrogens (tertiary/aromatic N) is 3. The number of halogens is 4. The molecule has 0 saturated carbocycles. The lowest BCUT2D eigenvalue weighted by molar-refractivity contribution is -0.136. The molecule has 0 aliphatic carbocycles. The average molecular weight is 549 g/mol. The highest BCUT2D eigenvalue weighted by Crippen LogP contribution is 2.36. The number of amides is 2. The van der Waals surface area contributed by atoms with Crippen LogP contribution in [0.25, 0.3) is 5.69 Å². The Balaban J connectivity index is 1.65. The zero-order valence-corrected chi connectivity index (χ0v) is 21.9. The second-order valence-corrected chi connectivity index (χ2v) is 10.5. The van der Waals surface area contributed by atoms with Crippen molar-refractivity contribution in [2.45, 2.75) is 51.3 Å². The first-order valence-corrected chi connectivity index (χ1v) is 12.5. The van der Waals surface area contributed by atoms with E-state index >= 15 is 0 Å². The third-order valence-corrected chi connectivity index (χ3v) is 6.39. The maximum Gasteiger partial charge on any atom is 0.418 e. The van der Waals surface area contributed by atoms with Gasteiger partial charge in [-0.2, -0.15) is 18.3 Å². The number of rotatable bonds is 4. The number of carbonyl (C=O) groups is 2. The summed E-state index contributed by atoms with van der Waals surface area (Å²) in [5.41, 5.74) is -0.542. The van der Waals surface area contributed by atoms with E-state index in [4.69, 9.17) is 16.3 Å². The zero-order valence-electron chi connectivity index (χ0n) is 21.2. The molecule has 202 valence electrons. The molecule has 38 heavy (non-hydrogen) atoms. The van der Waals surface area contributed by atoms with Gasteiger partial charge >= 0.3 is 12.3 Å². The second kappa shape index (κ2) is 10.7. The van der Waals surface area contributed by atoms with Crippen LogP contribution in [0.15, 0.2) is 54.7 Å². The Kier molecular flexibility index (Phi) is 7.73. The number of anilines is 1. The van der Waals surface area contributed by atoms with Gasteiger partial charge in [-0.05, 0) is 70.0 Å². The van der Waals surface area contributed by atoms with Crippen molar-refractivity contribution in [1.29, 1.82) is 0 Å². The zero-order chi connectivity index (χ0) is 27.7. The van der Waals surface area contributed by atoms with Crippen LogP contribution >= 0.6 is 11.6 Å². The quantitative estimate of drug-likeness (QED) is 0.384. The summed E-state index contributed by atoms with van der Waals surface area (Å²) in [5, 5.41) is 7.36. The van der Waals surface area contributed by atoms with E-state index in [0.717, 1.165) is 6.07 Å². The van der Waals surface area contributed by atoms with E-state index in [-0.39, 0.29) is 17.2 Å². The van der Waals surface area contributed by atoms with E-state index in [1.54, 1.807) is 54.6 Å². The van der Waals surface area contributed by atoms with Gasteiger partial charge in [0.15, 0.2) is 0 Å². The average Bonchev–Trinajstić information content (AvgIpc) is 3.28. The Hall–Kier alpha value is -3.53. The van der Waals surface area contributed by atoms with Gasteiger partial charge in [0.1, 0.15) is 5.60 Å². The number of alkyl halides is 3. The molecule has 0 unspecified atom stereocenters. The van der Waals surface area contributed by atoms with Crippen molar-refractivity contribution in [1.82, 2.24) is 14.7 Å². The van der Waals surface area contributed by atoms with Crippen LogP contribution in [0.1, 0.15) is 61.1 Å². The van der Waals surface area contributed by atoms with Crippen molar-refractivity contribution in [3.05, 3.63) is 76.6 Å². The summed E-state index contributed by atoms with van der Waals surface area (Å²) in [7, 11) is 0. The molecule has 11 heteroatoms. The van der Waals surface area contributed by atoms with Gasteiger partial charge in [-0.15, -0.1) is 0 Å². The molecule has 2 aromatic carbocycles. The maximum atomic E-state index is 13.5. The third-order valence-electron chi connectivity index (χ3n) is 6.14. The molecule has 2 amide bonds. The fraction of sp³-hybridized carbons (Fsp3) is 0.370. The summed E-state index contributed by atoms with van der Waals surface area (Å²) in [4.78, 5) is 27.5. The predicted molar refractivity (Wildman–Crippen MR) is 138 cm³/mol. The lowest BCUT2D eigenvalue weighted by Gasteiger charge is -2.34. The summed E-state index contributed by atoms with van der Waals surface area (Å²) in [6, 6.07) is 11.7. The van der Waals surface area contributed by atoms with Gasteiger partial charge in [0, 0.05) is 24.0 Å². The van der Waals surface area contributed by atoms with Crippen LogP contribution in [-0.4, -0.2) is 45.4 Å². The highest BCUT2D eigenvalue weighted by molar-refractivity contribution is 6.30. The minimum atomic E-state index is -4.63. The number of likely N-dealkylation sites (tertiary alicyclic amines) is 1. The van der Waals surface area contributed by atoms with E-state index < -0.39 is 29.3 Å². The summed E-state index contributed by atoms with van der Waals surface area (Å²) < 4.78 is 47.6. The topological polar surface area (TPSA) is 76.5 Å². The molecule has 1 N–H and O–H groups in total. The Morgan fingerprint density at radius 1 is 1.03 bits per heavy atom. The predicted octanol–water partition coefficient (Wildman–Crippen LogP) is 6.91. The Bertz CT molecular complexity index is 1310. The maximum absolute atomic E-state index is 13.5. The Morgan fingerprint density at radius 3 is 2.26 bits per heavy atom. The second-order valence-electron chi connectivity index (χ2n) is 10.1. The number of piperidine rings is 1. The minimum absolute atomic E-state index is 0.160. The first kappa shape index (κ1) is 27.5. The van der Waals surface area contributed by atoms with Gasteiger partial charge in [-0.1, -0.05) is 23.7 Å². The third kappa shape index (κ3) is 6.30. The molecule has 1 aliphatic heterocycles. The first-order valence-electron chi connectivity index (χ1n) is 12.1. The van der Waals surface area contributed by atoms with Crippen molar-refractivity contribution >= 4 is 29.3 Å². The van der Waals surface area contributed by atoms with E-state index in [2.05, 4.69) is 10.4 Å². The fourth-order valence-electron chi connectivity index (χ4n) is 4.40. The molecule has 0 spiro atoms. The van der Waals surface area contributed by atoms with E-state index in [9.17, 15) is 22.8 Å². The van der Waals surface area contributed by atoms with Crippen LogP contribution in [-0.2, 0) is 10.9 Å². The molecule has 7 nitrogen and oxygen atoms in total. The van der Waals surface area contributed by atoms with Crippen LogP contribution in [0.2, 0.25) is 5.02 Å². The van der Waals surface area contributed by atoms with Crippen molar-refractivity contribution in [3.63, 3.8) is 0 Å². The van der Waals surface area contributed by atoms with Crippen LogP contribution in [0, 0.1) is 0 Å². The van der Waals surface area contributed by atoms with Gasteiger partial charge in [0.25, 0.3) is 5.91 Å². The summed E-state index contributed by atoms with van der Waals surface area (Å²) in [6.07, 6.45) is -2.66. The summed E-state index contributed by atoms with van der Waals surface area (Å²) in [6.45, 7) is 6.17.